The predicted molar refractivity (Wildman–Crippen MR) is 133 cm³/mol. The van der Waals surface area contributed by atoms with Gasteiger partial charge in [0.05, 0.1) is 11.3 Å². The summed E-state index contributed by atoms with van der Waals surface area (Å²) in [6, 6.07) is 8.02. The van der Waals surface area contributed by atoms with Gasteiger partial charge in [0.15, 0.2) is 0 Å². The van der Waals surface area contributed by atoms with Crippen LogP contribution in [-0.2, 0) is 4.79 Å². The van der Waals surface area contributed by atoms with Gasteiger partial charge >= 0.3 is 0 Å². The molecule has 1 aliphatic carbocycles. The number of carbonyl (C=O) groups excluding carboxylic acids is 2. The summed E-state index contributed by atoms with van der Waals surface area (Å²) in [4.78, 5) is 30.9. The second kappa shape index (κ2) is 12.6. The van der Waals surface area contributed by atoms with Crippen LogP contribution in [0, 0.1) is 11.8 Å². The number of likely N-dealkylation sites (tertiary alicyclic amines) is 1. The molecule has 1 aromatic rings. The first-order valence-electron chi connectivity index (χ1n) is 12.4. The Bertz CT molecular complexity index is 740. The van der Waals surface area contributed by atoms with Crippen molar-refractivity contribution in [3.8, 4) is 0 Å². The summed E-state index contributed by atoms with van der Waals surface area (Å²) in [7, 11) is 1.93. The van der Waals surface area contributed by atoms with E-state index in [2.05, 4.69) is 24.1 Å². The Balaban J connectivity index is 1.44. The van der Waals surface area contributed by atoms with Crippen LogP contribution < -0.4 is 5.32 Å². The van der Waals surface area contributed by atoms with Gasteiger partial charge in [0, 0.05) is 37.6 Å². The van der Waals surface area contributed by atoms with E-state index < -0.39 is 0 Å². The van der Waals surface area contributed by atoms with Crippen LogP contribution in [0.4, 0.5) is 0 Å². The van der Waals surface area contributed by atoms with Gasteiger partial charge in [-0.3, -0.25) is 9.59 Å². The molecule has 1 saturated heterocycles. The van der Waals surface area contributed by atoms with Crippen LogP contribution in [0.15, 0.2) is 29.2 Å². The van der Waals surface area contributed by atoms with Crippen LogP contribution in [0.3, 0.4) is 0 Å². The largest absolute Gasteiger partial charge is 0.352 e. The molecule has 32 heavy (non-hydrogen) atoms. The maximum atomic E-state index is 12.8. The Hall–Kier alpha value is -1.53. The minimum Gasteiger partial charge on any atom is -0.352 e. The van der Waals surface area contributed by atoms with E-state index in [4.69, 9.17) is 0 Å². The third kappa shape index (κ3) is 7.51. The number of hydrogen-bond donors (Lipinski definition) is 1. The molecule has 0 spiro atoms. The van der Waals surface area contributed by atoms with E-state index in [0.29, 0.717) is 23.9 Å². The monoisotopic (exact) mass is 459 g/mol. The number of hydrogen-bond acceptors (Lipinski definition) is 4. The van der Waals surface area contributed by atoms with E-state index in [1.165, 1.54) is 50.5 Å². The van der Waals surface area contributed by atoms with E-state index in [9.17, 15) is 9.59 Å². The first-order chi connectivity index (χ1) is 15.4. The molecule has 2 fully saturated rings. The topological polar surface area (TPSA) is 52.7 Å². The molecule has 2 aliphatic rings. The standard InChI is InChI=1S/C26H41N3O2S/c1-20-16-21(2)18-29(17-20)15-9-14-27-26(31)23-12-7-8-13-24(23)32-19-25(30)28(3)22-10-5-4-6-11-22/h7-8,12-13,20-22H,4-6,9-11,14-19H2,1-3H3,(H,27,31). The van der Waals surface area contributed by atoms with Crippen molar-refractivity contribution in [2.24, 2.45) is 11.8 Å². The lowest BCUT2D eigenvalue weighted by atomic mass is 9.92. The van der Waals surface area contributed by atoms with Gasteiger partial charge in [-0.1, -0.05) is 45.2 Å². The molecule has 0 radical (unpaired) electrons. The van der Waals surface area contributed by atoms with Gasteiger partial charge in [0.25, 0.3) is 5.91 Å². The summed E-state index contributed by atoms with van der Waals surface area (Å²) in [6.45, 7) is 8.71. The molecule has 3 rings (SSSR count). The third-order valence-corrected chi connectivity index (χ3v) is 7.94. The molecule has 0 bridgehead atoms. The molecular weight excluding hydrogens is 418 g/mol. The van der Waals surface area contributed by atoms with E-state index in [-0.39, 0.29) is 11.8 Å². The maximum Gasteiger partial charge on any atom is 0.252 e. The Kier molecular flexibility index (Phi) is 9.92. The molecular formula is C26H41N3O2S. The first-order valence-corrected chi connectivity index (χ1v) is 13.4. The van der Waals surface area contributed by atoms with Gasteiger partial charge in [0.1, 0.15) is 0 Å². The quantitative estimate of drug-likeness (QED) is 0.431. The summed E-state index contributed by atoms with van der Waals surface area (Å²) < 4.78 is 0. The highest BCUT2D eigenvalue weighted by atomic mass is 32.2. The zero-order valence-electron chi connectivity index (χ0n) is 20.1. The number of thioether (sulfide) groups is 1. The van der Waals surface area contributed by atoms with E-state index >= 15 is 0 Å². The Morgan fingerprint density at radius 3 is 2.50 bits per heavy atom. The molecule has 1 saturated carbocycles. The van der Waals surface area contributed by atoms with Gasteiger partial charge in [-0.2, -0.15) is 0 Å². The normalized spacial score (nSPS) is 22.5. The number of amides is 2. The Labute approximate surface area is 198 Å². The average molecular weight is 460 g/mol. The molecule has 178 valence electrons. The predicted octanol–water partition coefficient (Wildman–Crippen LogP) is 4.67. The lowest BCUT2D eigenvalue weighted by Gasteiger charge is -2.34. The lowest BCUT2D eigenvalue weighted by Crippen LogP contribution is -2.40. The number of benzene rings is 1. The van der Waals surface area contributed by atoms with E-state index in [1.54, 1.807) is 0 Å². The van der Waals surface area contributed by atoms with Crippen molar-refractivity contribution in [1.82, 2.24) is 15.1 Å². The van der Waals surface area contributed by atoms with Gasteiger partial charge in [-0.15, -0.1) is 11.8 Å². The second-order valence-electron chi connectivity index (χ2n) is 9.90. The van der Waals surface area contributed by atoms with Crippen molar-refractivity contribution >= 4 is 23.6 Å². The Morgan fingerprint density at radius 1 is 1.09 bits per heavy atom. The van der Waals surface area contributed by atoms with Crippen molar-refractivity contribution in [2.75, 3.05) is 39.0 Å². The molecule has 6 heteroatoms. The van der Waals surface area contributed by atoms with E-state index in [1.807, 2.05) is 36.2 Å². The summed E-state index contributed by atoms with van der Waals surface area (Å²) in [6.07, 6.45) is 8.22. The first kappa shape index (κ1) is 25.1. The number of piperidine rings is 1. The SMILES string of the molecule is CC1CC(C)CN(CCCNC(=O)c2ccccc2SCC(=O)N(C)C2CCCCC2)C1. The van der Waals surface area contributed by atoms with Gasteiger partial charge < -0.3 is 15.1 Å². The molecule has 1 N–H and O–H groups in total. The summed E-state index contributed by atoms with van der Waals surface area (Å²) in [5.74, 6) is 2.01. The van der Waals surface area contributed by atoms with Crippen molar-refractivity contribution < 1.29 is 9.59 Å². The zero-order chi connectivity index (χ0) is 22.9. The fourth-order valence-corrected chi connectivity index (χ4v) is 6.24. The van der Waals surface area contributed by atoms with Crippen LogP contribution in [0.25, 0.3) is 0 Å². The fraction of sp³-hybridized carbons (Fsp3) is 0.692. The molecule has 1 aliphatic heterocycles. The van der Waals surface area contributed by atoms with Gasteiger partial charge in [-0.25, -0.2) is 0 Å². The van der Waals surface area contributed by atoms with Crippen molar-refractivity contribution in [1.29, 1.82) is 0 Å². The number of carbonyl (C=O) groups is 2. The highest BCUT2D eigenvalue weighted by Crippen LogP contribution is 2.26. The molecule has 1 aromatic carbocycles. The molecule has 2 unspecified atom stereocenters. The average Bonchev–Trinajstić information content (AvgIpc) is 2.79. The fourth-order valence-electron chi connectivity index (χ4n) is 5.27. The van der Waals surface area contributed by atoms with Crippen molar-refractivity contribution in [3.05, 3.63) is 29.8 Å². The van der Waals surface area contributed by atoms with Crippen LogP contribution >= 0.6 is 11.8 Å². The van der Waals surface area contributed by atoms with Crippen molar-refractivity contribution in [2.45, 2.75) is 69.7 Å². The molecule has 2 amide bonds. The molecule has 5 nitrogen and oxygen atoms in total. The summed E-state index contributed by atoms with van der Waals surface area (Å²) >= 11 is 1.48. The summed E-state index contributed by atoms with van der Waals surface area (Å²) in [5.41, 5.74) is 0.672. The van der Waals surface area contributed by atoms with Crippen LogP contribution in [0.1, 0.15) is 69.2 Å². The number of rotatable bonds is 9. The van der Waals surface area contributed by atoms with Crippen LogP contribution in [0.2, 0.25) is 0 Å². The minimum absolute atomic E-state index is 0.0402. The number of nitrogens with one attached hydrogen (secondary N) is 1. The van der Waals surface area contributed by atoms with E-state index in [0.717, 1.165) is 42.5 Å². The molecule has 1 heterocycles. The summed E-state index contributed by atoms with van der Waals surface area (Å²) in [5, 5.41) is 3.09. The lowest BCUT2D eigenvalue weighted by molar-refractivity contribution is -0.129. The van der Waals surface area contributed by atoms with Crippen molar-refractivity contribution in [3.63, 3.8) is 0 Å². The Morgan fingerprint density at radius 2 is 1.78 bits per heavy atom. The maximum absolute atomic E-state index is 12.8. The minimum atomic E-state index is -0.0402. The van der Waals surface area contributed by atoms with Crippen LogP contribution in [-0.4, -0.2) is 66.6 Å². The third-order valence-electron chi connectivity index (χ3n) is 6.88. The smallest absolute Gasteiger partial charge is 0.252 e. The molecule has 2 atom stereocenters. The number of nitrogens with zero attached hydrogens (tertiary/aromatic N) is 2. The second-order valence-corrected chi connectivity index (χ2v) is 10.9. The highest BCUT2D eigenvalue weighted by molar-refractivity contribution is 8.00. The van der Waals surface area contributed by atoms with Crippen LogP contribution in [0.5, 0.6) is 0 Å². The van der Waals surface area contributed by atoms with Gasteiger partial charge in [0.2, 0.25) is 5.91 Å². The highest BCUT2D eigenvalue weighted by Gasteiger charge is 2.23. The molecule has 0 aromatic heterocycles. The van der Waals surface area contributed by atoms with Gasteiger partial charge in [-0.05, 0) is 56.2 Å². The zero-order valence-corrected chi connectivity index (χ0v) is 21.0.